The predicted molar refractivity (Wildman–Crippen MR) is 209 cm³/mol. The molecule has 4 nitrogen and oxygen atoms in total. The molecule has 0 amide bonds. The van der Waals surface area contributed by atoms with Crippen molar-refractivity contribution in [3.63, 3.8) is 0 Å². The van der Waals surface area contributed by atoms with E-state index in [0.29, 0.717) is 5.95 Å². The van der Waals surface area contributed by atoms with Crippen molar-refractivity contribution >= 4 is 92.3 Å². The van der Waals surface area contributed by atoms with Crippen molar-refractivity contribution in [3.8, 4) is 17.2 Å². The van der Waals surface area contributed by atoms with Crippen molar-refractivity contribution in [2.45, 2.75) is 0 Å². The van der Waals surface area contributed by atoms with Crippen LogP contribution in [0.5, 0.6) is 0 Å². The molecule has 0 radical (unpaired) electrons. The van der Waals surface area contributed by atoms with Gasteiger partial charge in [-0.15, -0.1) is 0 Å². The Hall–Kier alpha value is -6.78. The van der Waals surface area contributed by atoms with Gasteiger partial charge in [0.25, 0.3) is 0 Å². The van der Waals surface area contributed by atoms with E-state index in [4.69, 9.17) is 9.97 Å². The van der Waals surface area contributed by atoms with Crippen molar-refractivity contribution < 1.29 is 0 Å². The van der Waals surface area contributed by atoms with Gasteiger partial charge in [-0.25, -0.2) is 9.97 Å². The van der Waals surface area contributed by atoms with Gasteiger partial charge in [0.2, 0.25) is 5.95 Å². The highest BCUT2D eigenvalue weighted by molar-refractivity contribution is 6.37. The first-order valence-electron chi connectivity index (χ1n) is 17.1. The molecule has 0 aliphatic heterocycles. The first-order valence-corrected chi connectivity index (χ1v) is 17.1. The quantitative estimate of drug-likeness (QED) is 0.190. The minimum Gasteiger partial charge on any atom is -0.307 e. The fraction of sp³-hybridized carbons (Fsp3) is 0. The van der Waals surface area contributed by atoms with Gasteiger partial charge in [0, 0.05) is 48.7 Å². The highest BCUT2D eigenvalue weighted by atomic mass is 15.2. The molecule has 230 valence electrons. The van der Waals surface area contributed by atoms with Crippen LogP contribution in [0.2, 0.25) is 0 Å². The van der Waals surface area contributed by atoms with Crippen LogP contribution in [0.1, 0.15) is 0 Å². The van der Waals surface area contributed by atoms with Gasteiger partial charge in [0.05, 0.1) is 38.8 Å². The van der Waals surface area contributed by atoms with Crippen molar-refractivity contribution in [1.29, 1.82) is 0 Å². The predicted octanol–water partition coefficient (Wildman–Crippen LogP) is 11.9. The standard InChI is InChI=1S/C46H26N4/c1-2-13-29-25-30(22-21-27(29)11-1)43-33-15-5-8-18-37(33)47-46(48-43)49-38-19-9-6-16-34(38)41-40(49)26-36-32-24-23-28-12-3-4-14-31(28)44(32)50-39-20-10-7-17-35(39)42(41)45(36)50/h1-26H. The first-order chi connectivity index (χ1) is 24.8. The highest BCUT2D eigenvalue weighted by Crippen LogP contribution is 2.47. The normalized spacial score (nSPS) is 12.4. The lowest BCUT2D eigenvalue weighted by Crippen LogP contribution is -2.03. The zero-order valence-corrected chi connectivity index (χ0v) is 26.8. The van der Waals surface area contributed by atoms with E-state index in [1.54, 1.807) is 0 Å². The summed E-state index contributed by atoms with van der Waals surface area (Å²) in [6.07, 6.45) is 0. The molecule has 0 unspecified atom stereocenters. The van der Waals surface area contributed by atoms with Crippen LogP contribution in [0.15, 0.2) is 158 Å². The third-order valence-corrected chi connectivity index (χ3v) is 10.8. The molecule has 0 saturated heterocycles. The van der Waals surface area contributed by atoms with E-state index in [1.165, 1.54) is 70.4 Å². The van der Waals surface area contributed by atoms with Crippen LogP contribution in [0.25, 0.3) is 110 Å². The van der Waals surface area contributed by atoms with Crippen LogP contribution in [0.4, 0.5) is 0 Å². The van der Waals surface area contributed by atoms with E-state index >= 15 is 0 Å². The van der Waals surface area contributed by atoms with Crippen LogP contribution in [-0.2, 0) is 0 Å². The molecule has 4 heterocycles. The Bertz CT molecular complexity index is 3380. The van der Waals surface area contributed by atoms with E-state index in [0.717, 1.165) is 33.2 Å². The summed E-state index contributed by atoms with van der Waals surface area (Å²) in [5.41, 5.74) is 8.89. The molecule has 0 spiro atoms. The van der Waals surface area contributed by atoms with Gasteiger partial charge in [0.1, 0.15) is 0 Å². The Morgan fingerprint density at radius 2 is 1.04 bits per heavy atom. The number of fused-ring (bicyclic) bond motifs is 14. The van der Waals surface area contributed by atoms with Crippen LogP contribution in [0, 0.1) is 0 Å². The summed E-state index contributed by atoms with van der Waals surface area (Å²) in [6.45, 7) is 0. The topological polar surface area (TPSA) is 35.1 Å². The smallest absolute Gasteiger partial charge is 0.235 e. The molecule has 0 fully saturated rings. The van der Waals surface area contributed by atoms with E-state index in [9.17, 15) is 0 Å². The van der Waals surface area contributed by atoms with E-state index in [-0.39, 0.29) is 0 Å². The summed E-state index contributed by atoms with van der Waals surface area (Å²) in [4.78, 5) is 10.7. The van der Waals surface area contributed by atoms with Gasteiger partial charge in [0.15, 0.2) is 0 Å². The Morgan fingerprint density at radius 3 is 1.90 bits per heavy atom. The minimum atomic E-state index is 0.671. The number of benzene rings is 8. The van der Waals surface area contributed by atoms with Crippen molar-refractivity contribution in [1.82, 2.24) is 18.9 Å². The van der Waals surface area contributed by atoms with Gasteiger partial charge in [-0.2, -0.15) is 0 Å². The molecule has 0 saturated carbocycles. The number of para-hydroxylation sites is 3. The van der Waals surface area contributed by atoms with Gasteiger partial charge in [-0.1, -0.05) is 127 Å². The monoisotopic (exact) mass is 634 g/mol. The second-order valence-electron chi connectivity index (χ2n) is 13.4. The summed E-state index contributed by atoms with van der Waals surface area (Å²) in [5.74, 6) is 0.671. The Balaban J connectivity index is 1.27. The second kappa shape index (κ2) is 9.43. The first kappa shape index (κ1) is 26.2. The average Bonchev–Trinajstić information content (AvgIpc) is 3.81. The second-order valence-corrected chi connectivity index (χ2v) is 13.4. The summed E-state index contributed by atoms with van der Waals surface area (Å²) >= 11 is 0. The molecular weight excluding hydrogens is 609 g/mol. The molecule has 12 aromatic rings. The molecule has 0 aliphatic carbocycles. The van der Waals surface area contributed by atoms with E-state index in [2.05, 4.69) is 167 Å². The molecule has 0 atom stereocenters. The fourth-order valence-corrected chi connectivity index (χ4v) is 8.70. The number of aromatic nitrogens is 4. The van der Waals surface area contributed by atoms with Crippen LogP contribution in [-0.4, -0.2) is 18.9 Å². The zero-order valence-electron chi connectivity index (χ0n) is 26.8. The molecule has 8 aromatic carbocycles. The van der Waals surface area contributed by atoms with Crippen molar-refractivity contribution in [3.05, 3.63) is 158 Å². The summed E-state index contributed by atoms with van der Waals surface area (Å²) in [6, 6.07) is 56.8. The number of rotatable bonds is 2. The highest BCUT2D eigenvalue weighted by Gasteiger charge is 2.25. The molecule has 0 N–H and O–H groups in total. The van der Waals surface area contributed by atoms with Gasteiger partial charge >= 0.3 is 0 Å². The minimum absolute atomic E-state index is 0.671. The van der Waals surface area contributed by atoms with Crippen LogP contribution >= 0.6 is 0 Å². The number of nitrogens with zero attached hydrogens (tertiary/aromatic N) is 4. The van der Waals surface area contributed by atoms with E-state index < -0.39 is 0 Å². The molecule has 50 heavy (non-hydrogen) atoms. The molecular formula is C46H26N4. The zero-order chi connectivity index (χ0) is 32.5. The molecule has 4 heteroatoms. The summed E-state index contributed by atoms with van der Waals surface area (Å²) < 4.78 is 4.80. The fourth-order valence-electron chi connectivity index (χ4n) is 8.70. The Morgan fingerprint density at radius 1 is 0.380 bits per heavy atom. The maximum absolute atomic E-state index is 5.45. The van der Waals surface area contributed by atoms with E-state index in [1.807, 2.05) is 0 Å². The largest absolute Gasteiger partial charge is 0.307 e. The van der Waals surface area contributed by atoms with Gasteiger partial charge in [-0.05, 0) is 46.5 Å². The lowest BCUT2D eigenvalue weighted by molar-refractivity contribution is 1.01. The van der Waals surface area contributed by atoms with Crippen LogP contribution in [0.3, 0.4) is 0 Å². The summed E-state index contributed by atoms with van der Waals surface area (Å²) in [7, 11) is 0. The molecule has 4 aromatic heterocycles. The average molecular weight is 635 g/mol. The number of hydrogen-bond donors (Lipinski definition) is 0. The number of hydrogen-bond acceptors (Lipinski definition) is 2. The van der Waals surface area contributed by atoms with Crippen LogP contribution < -0.4 is 0 Å². The SMILES string of the molecule is c1ccc2cc(-c3nc(-n4c5ccccc5c5c6c7ccccc7n7c8c9ccccc9ccc8c(cc54)c67)nc4ccccc34)ccc2c1. The molecule has 0 bridgehead atoms. The maximum atomic E-state index is 5.45. The lowest BCUT2D eigenvalue weighted by atomic mass is 10.0. The Kier molecular flexibility index (Phi) is 4.94. The third-order valence-electron chi connectivity index (χ3n) is 10.8. The lowest BCUT2D eigenvalue weighted by Gasteiger charge is -2.12. The van der Waals surface area contributed by atoms with Gasteiger partial charge < -0.3 is 4.40 Å². The molecule has 0 aliphatic rings. The summed E-state index contributed by atoms with van der Waals surface area (Å²) in [5, 5.41) is 13.4. The third kappa shape index (κ3) is 3.30. The molecule has 12 rings (SSSR count). The van der Waals surface area contributed by atoms with Crippen molar-refractivity contribution in [2.75, 3.05) is 0 Å². The maximum Gasteiger partial charge on any atom is 0.235 e. The van der Waals surface area contributed by atoms with Gasteiger partial charge in [-0.3, -0.25) is 4.57 Å². The Labute approximate surface area is 285 Å². The van der Waals surface area contributed by atoms with Crippen molar-refractivity contribution in [2.24, 2.45) is 0 Å².